The van der Waals surface area contributed by atoms with Crippen molar-refractivity contribution in [1.29, 1.82) is 0 Å². The number of amides is 1. The molecule has 0 radical (unpaired) electrons. The van der Waals surface area contributed by atoms with Gasteiger partial charge < -0.3 is 5.32 Å². The fourth-order valence-electron chi connectivity index (χ4n) is 4.06. The average molecular weight is 480 g/mol. The molecule has 0 aliphatic heterocycles. The van der Waals surface area contributed by atoms with Gasteiger partial charge in [-0.1, -0.05) is 66.4 Å². The van der Waals surface area contributed by atoms with Crippen molar-refractivity contribution < 1.29 is 4.79 Å². The Kier molecular flexibility index (Phi) is 6.59. The zero-order chi connectivity index (χ0) is 24.2. The van der Waals surface area contributed by atoms with Gasteiger partial charge >= 0.3 is 0 Å². The smallest absolute Gasteiger partial charge is 0.230 e. The third-order valence-electron chi connectivity index (χ3n) is 5.91. The lowest BCUT2D eigenvalue weighted by Gasteiger charge is -2.16. The lowest BCUT2D eigenvalue weighted by molar-refractivity contribution is -0.119. The third kappa shape index (κ3) is 4.95. The highest BCUT2D eigenvalue weighted by Crippen LogP contribution is 2.29. The number of aryl methyl sites for hydroxylation is 1. The van der Waals surface area contributed by atoms with E-state index in [2.05, 4.69) is 63.8 Å². The first kappa shape index (κ1) is 22.8. The summed E-state index contributed by atoms with van der Waals surface area (Å²) in [5.74, 6) is 0.896. The van der Waals surface area contributed by atoms with Gasteiger partial charge in [0.05, 0.1) is 17.5 Å². The maximum absolute atomic E-state index is 12.9. The van der Waals surface area contributed by atoms with Gasteiger partial charge in [0.2, 0.25) is 5.91 Å². The van der Waals surface area contributed by atoms with Crippen molar-refractivity contribution in [2.45, 2.75) is 25.0 Å². The van der Waals surface area contributed by atoms with Crippen LogP contribution in [0.1, 0.15) is 24.1 Å². The zero-order valence-electron chi connectivity index (χ0n) is 19.6. The van der Waals surface area contributed by atoms with Crippen molar-refractivity contribution in [2.75, 3.05) is 5.75 Å². The highest BCUT2D eigenvalue weighted by atomic mass is 32.2. The number of thioether (sulfide) groups is 1. The quantitative estimate of drug-likeness (QED) is 0.301. The maximum Gasteiger partial charge on any atom is 0.230 e. The lowest BCUT2D eigenvalue weighted by atomic mass is 10.0. The molecule has 7 heteroatoms. The summed E-state index contributed by atoms with van der Waals surface area (Å²) >= 11 is 1.38. The standard InChI is InChI=1S/C28H25N5OS/c1-19-7-3-6-10-25(19)33-27(22-13-15-29-16-14-22)31-32-28(33)35-18-26(34)30-20(2)23-12-11-21-8-4-5-9-24(21)17-23/h3-17,20H,18H2,1-2H3,(H,30,34). The van der Waals surface area contributed by atoms with E-state index < -0.39 is 0 Å². The van der Waals surface area contributed by atoms with Gasteiger partial charge in [-0.3, -0.25) is 14.3 Å². The van der Waals surface area contributed by atoms with E-state index in [4.69, 9.17) is 0 Å². The first-order valence-electron chi connectivity index (χ1n) is 11.4. The van der Waals surface area contributed by atoms with E-state index in [9.17, 15) is 4.79 Å². The molecule has 0 aliphatic rings. The van der Waals surface area contributed by atoms with Crippen LogP contribution in [0.15, 0.2) is 96.4 Å². The number of nitrogens with one attached hydrogen (secondary N) is 1. The number of para-hydroxylation sites is 1. The Hall–Kier alpha value is -3.97. The topological polar surface area (TPSA) is 72.7 Å². The van der Waals surface area contributed by atoms with E-state index in [-0.39, 0.29) is 17.7 Å². The second-order valence-corrected chi connectivity index (χ2v) is 9.29. The van der Waals surface area contributed by atoms with Gasteiger partial charge in [-0.25, -0.2) is 0 Å². The number of rotatable bonds is 7. The van der Waals surface area contributed by atoms with Crippen molar-refractivity contribution in [3.8, 4) is 17.1 Å². The van der Waals surface area contributed by atoms with Gasteiger partial charge in [0.15, 0.2) is 11.0 Å². The molecule has 3 aromatic carbocycles. The molecular weight excluding hydrogens is 454 g/mol. The number of pyridine rings is 1. The minimum atomic E-state index is -0.102. The first-order chi connectivity index (χ1) is 17.1. The van der Waals surface area contributed by atoms with Crippen molar-refractivity contribution in [1.82, 2.24) is 25.1 Å². The van der Waals surface area contributed by atoms with Gasteiger partial charge in [-0.15, -0.1) is 10.2 Å². The number of hydrogen-bond acceptors (Lipinski definition) is 5. The summed E-state index contributed by atoms with van der Waals surface area (Å²) in [6, 6.07) is 26.3. The number of aromatic nitrogens is 4. The molecule has 6 nitrogen and oxygen atoms in total. The summed E-state index contributed by atoms with van der Waals surface area (Å²) < 4.78 is 2.01. The van der Waals surface area contributed by atoms with E-state index in [0.717, 1.165) is 27.8 Å². The van der Waals surface area contributed by atoms with E-state index >= 15 is 0 Å². The second kappa shape index (κ2) is 10.1. The van der Waals surface area contributed by atoms with Crippen LogP contribution in [-0.4, -0.2) is 31.4 Å². The molecule has 5 rings (SSSR count). The lowest BCUT2D eigenvalue weighted by Crippen LogP contribution is -2.28. The number of fused-ring (bicyclic) bond motifs is 1. The van der Waals surface area contributed by atoms with Crippen LogP contribution in [-0.2, 0) is 4.79 Å². The van der Waals surface area contributed by atoms with Crippen LogP contribution in [0.5, 0.6) is 0 Å². The van der Waals surface area contributed by atoms with Gasteiger partial charge in [0, 0.05) is 18.0 Å². The maximum atomic E-state index is 12.9. The fraction of sp³-hybridized carbons (Fsp3) is 0.143. The minimum absolute atomic E-state index is 0.0551. The van der Waals surface area contributed by atoms with Crippen LogP contribution in [0.3, 0.4) is 0 Å². The number of carbonyl (C=O) groups is 1. The summed E-state index contributed by atoms with van der Waals surface area (Å²) in [6.45, 7) is 4.06. The van der Waals surface area contributed by atoms with Gasteiger partial charge in [0.25, 0.3) is 0 Å². The van der Waals surface area contributed by atoms with E-state index in [1.165, 1.54) is 17.1 Å². The van der Waals surface area contributed by atoms with Crippen LogP contribution < -0.4 is 5.32 Å². The van der Waals surface area contributed by atoms with Crippen LogP contribution >= 0.6 is 11.8 Å². The molecule has 0 aliphatic carbocycles. The van der Waals surface area contributed by atoms with Gasteiger partial charge in [-0.05, 0) is 60.0 Å². The predicted octanol–water partition coefficient (Wildman–Crippen LogP) is 5.76. The van der Waals surface area contributed by atoms with E-state index in [1.54, 1.807) is 12.4 Å². The number of benzene rings is 3. The molecule has 1 N–H and O–H groups in total. The molecule has 0 saturated carbocycles. The van der Waals surface area contributed by atoms with Crippen LogP contribution in [0.4, 0.5) is 0 Å². The molecule has 174 valence electrons. The number of nitrogens with zero attached hydrogens (tertiary/aromatic N) is 4. The molecule has 1 atom stereocenters. The SMILES string of the molecule is Cc1ccccc1-n1c(SCC(=O)NC(C)c2ccc3ccccc3c2)nnc1-c1ccncc1. The molecule has 0 fully saturated rings. The van der Waals surface area contributed by atoms with Gasteiger partial charge in [0.1, 0.15) is 0 Å². The molecule has 35 heavy (non-hydrogen) atoms. The summed E-state index contributed by atoms with van der Waals surface area (Å²) in [4.78, 5) is 17.0. The third-order valence-corrected chi connectivity index (χ3v) is 6.84. The molecule has 2 aromatic heterocycles. The molecular formula is C28H25N5OS. The first-order valence-corrected chi connectivity index (χ1v) is 12.4. The summed E-state index contributed by atoms with van der Waals surface area (Å²) in [6.07, 6.45) is 3.47. The van der Waals surface area contributed by atoms with Crippen LogP contribution in [0.2, 0.25) is 0 Å². The highest BCUT2D eigenvalue weighted by molar-refractivity contribution is 7.99. The highest BCUT2D eigenvalue weighted by Gasteiger charge is 2.19. The molecule has 0 saturated heterocycles. The minimum Gasteiger partial charge on any atom is -0.349 e. The molecule has 5 aromatic rings. The molecule has 0 bridgehead atoms. The Morgan fingerprint density at radius 1 is 0.943 bits per heavy atom. The number of carbonyl (C=O) groups excluding carboxylic acids is 1. The van der Waals surface area contributed by atoms with E-state index in [1.807, 2.05) is 54.0 Å². The summed E-state index contributed by atoms with van der Waals surface area (Å²) in [5, 5.41) is 15.0. The predicted molar refractivity (Wildman–Crippen MR) is 141 cm³/mol. The largest absolute Gasteiger partial charge is 0.349 e. The van der Waals surface area contributed by atoms with Crippen molar-refractivity contribution in [3.05, 3.63) is 102 Å². The van der Waals surface area contributed by atoms with Gasteiger partial charge in [-0.2, -0.15) is 0 Å². The fourth-order valence-corrected chi connectivity index (χ4v) is 4.81. The normalized spacial score (nSPS) is 11.9. The van der Waals surface area contributed by atoms with Crippen molar-refractivity contribution in [3.63, 3.8) is 0 Å². The van der Waals surface area contributed by atoms with Crippen molar-refractivity contribution >= 4 is 28.4 Å². The Labute approximate surface area is 208 Å². The molecule has 2 heterocycles. The number of hydrogen-bond donors (Lipinski definition) is 1. The second-order valence-electron chi connectivity index (χ2n) is 8.35. The Bertz CT molecular complexity index is 1480. The summed E-state index contributed by atoms with van der Waals surface area (Å²) in [7, 11) is 0. The van der Waals surface area contributed by atoms with Crippen molar-refractivity contribution in [2.24, 2.45) is 0 Å². The van der Waals surface area contributed by atoms with Crippen LogP contribution in [0, 0.1) is 6.92 Å². The molecule has 1 amide bonds. The Morgan fingerprint density at radius 3 is 2.49 bits per heavy atom. The Balaban J connectivity index is 1.35. The Morgan fingerprint density at radius 2 is 1.69 bits per heavy atom. The van der Waals surface area contributed by atoms with E-state index in [0.29, 0.717) is 11.0 Å². The monoisotopic (exact) mass is 479 g/mol. The molecule has 1 unspecified atom stereocenters. The zero-order valence-corrected chi connectivity index (χ0v) is 20.4. The average Bonchev–Trinajstić information content (AvgIpc) is 3.31. The molecule has 0 spiro atoms. The van der Waals surface area contributed by atoms with Crippen LogP contribution in [0.25, 0.3) is 27.8 Å². The summed E-state index contributed by atoms with van der Waals surface area (Å²) in [5.41, 5.74) is 4.07.